The van der Waals surface area contributed by atoms with Crippen molar-refractivity contribution in [2.24, 2.45) is 7.05 Å². The van der Waals surface area contributed by atoms with Crippen molar-refractivity contribution < 1.29 is 9.53 Å². The molecule has 7 rings (SSSR count). The first kappa shape index (κ1) is 28.5. The molecule has 4 N–H and O–H groups in total. The zero-order valence-corrected chi connectivity index (χ0v) is 25.6. The number of likely N-dealkylation sites (tertiary alicyclic amines) is 1. The predicted octanol–water partition coefficient (Wildman–Crippen LogP) is 4.63. The van der Waals surface area contributed by atoms with Crippen molar-refractivity contribution >= 4 is 39.3 Å². The number of ether oxygens (including phenoxy) is 1. The molecule has 1 fully saturated rings. The predicted molar refractivity (Wildman–Crippen MR) is 174 cm³/mol. The highest BCUT2D eigenvalue weighted by Crippen LogP contribution is 2.37. The molecule has 2 aromatic carbocycles. The number of amides is 1. The summed E-state index contributed by atoms with van der Waals surface area (Å²) in [7, 11) is 3.57. The highest BCUT2D eigenvalue weighted by atomic mass is 16.5. The second-order valence-electron chi connectivity index (χ2n) is 11.7. The number of aryl methyl sites for hydroxylation is 2. The summed E-state index contributed by atoms with van der Waals surface area (Å²) in [5.41, 5.74) is 13.6. The molecule has 1 aliphatic heterocycles. The van der Waals surface area contributed by atoms with Crippen molar-refractivity contribution in [2.45, 2.75) is 38.8 Å². The smallest absolute Gasteiger partial charge is 0.230 e. The number of fused-ring (bicyclic) bond motifs is 2. The molecule has 6 aromatic rings. The number of piperidine rings is 1. The van der Waals surface area contributed by atoms with Crippen molar-refractivity contribution in [3.05, 3.63) is 78.0 Å². The molecule has 0 unspecified atom stereocenters. The van der Waals surface area contributed by atoms with Crippen LogP contribution in [0.5, 0.6) is 5.75 Å². The summed E-state index contributed by atoms with van der Waals surface area (Å²) in [6, 6.07) is 16.0. The van der Waals surface area contributed by atoms with Crippen LogP contribution < -0.4 is 15.8 Å². The normalized spacial score (nSPS) is 14.4. The molecule has 12 nitrogen and oxygen atoms in total. The van der Waals surface area contributed by atoms with Crippen LogP contribution in [0, 0.1) is 6.92 Å². The fourth-order valence-electron chi connectivity index (χ4n) is 6.37. The highest BCUT2D eigenvalue weighted by Gasteiger charge is 2.27. The number of anilines is 2. The molecule has 45 heavy (non-hydrogen) atoms. The van der Waals surface area contributed by atoms with E-state index in [9.17, 15) is 4.79 Å². The lowest BCUT2D eigenvalue weighted by Gasteiger charge is -2.32. The molecule has 5 heterocycles. The third-order valence-corrected chi connectivity index (χ3v) is 8.89. The maximum Gasteiger partial charge on any atom is 0.230 e. The Bertz CT molecular complexity index is 2010. The Kier molecular flexibility index (Phi) is 7.42. The van der Waals surface area contributed by atoms with Gasteiger partial charge in [-0.25, -0.2) is 14.6 Å². The number of carbonyl (C=O) groups is 1. The first-order valence-corrected chi connectivity index (χ1v) is 15.1. The lowest BCUT2D eigenvalue weighted by molar-refractivity contribution is -0.115. The first-order chi connectivity index (χ1) is 21.9. The summed E-state index contributed by atoms with van der Waals surface area (Å²) in [5, 5.41) is 17.1. The Morgan fingerprint density at radius 3 is 2.71 bits per heavy atom. The van der Waals surface area contributed by atoms with Gasteiger partial charge in [0.15, 0.2) is 5.65 Å². The number of hydrogen-bond donors (Lipinski definition) is 3. The Hall–Kier alpha value is -5.23. The van der Waals surface area contributed by atoms with E-state index in [1.807, 2.05) is 71.0 Å². The summed E-state index contributed by atoms with van der Waals surface area (Å²) >= 11 is 0. The quantitative estimate of drug-likeness (QED) is 0.228. The van der Waals surface area contributed by atoms with Gasteiger partial charge >= 0.3 is 0 Å². The zero-order valence-electron chi connectivity index (χ0n) is 25.6. The van der Waals surface area contributed by atoms with Gasteiger partial charge in [0.25, 0.3) is 0 Å². The van der Waals surface area contributed by atoms with Crippen LogP contribution in [0.4, 0.5) is 11.5 Å². The van der Waals surface area contributed by atoms with Gasteiger partial charge in [-0.2, -0.15) is 10.2 Å². The van der Waals surface area contributed by atoms with Crippen LogP contribution >= 0.6 is 0 Å². The van der Waals surface area contributed by atoms with E-state index < -0.39 is 0 Å². The fourth-order valence-corrected chi connectivity index (χ4v) is 6.37. The van der Waals surface area contributed by atoms with Gasteiger partial charge in [0.1, 0.15) is 23.6 Å². The molecule has 0 radical (unpaired) electrons. The first-order valence-electron chi connectivity index (χ1n) is 15.1. The van der Waals surface area contributed by atoms with Crippen molar-refractivity contribution in [1.82, 2.24) is 39.4 Å². The number of hydrogen-bond acceptors (Lipinski definition) is 8. The molecule has 4 aromatic heterocycles. The second-order valence-corrected chi connectivity index (χ2v) is 11.7. The van der Waals surface area contributed by atoms with Gasteiger partial charge in [-0.05, 0) is 49.4 Å². The topological polar surface area (TPSA) is 145 Å². The van der Waals surface area contributed by atoms with Crippen LogP contribution in [0.15, 0.2) is 61.1 Å². The number of nitrogens with one attached hydrogen (secondary N) is 2. The monoisotopic (exact) mass is 604 g/mol. The van der Waals surface area contributed by atoms with Crippen LogP contribution in [-0.2, 0) is 24.8 Å². The minimum Gasteiger partial charge on any atom is -0.495 e. The molecule has 0 bridgehead atoms. The standard InChI is InChI=1S/C33H36N10O2/c1-20-23(17-37-39-20)18-42-12-10-24(11-13-42)43-33-30(32(34)35-19-36-33)31(40-43)22-8-9-26(28(15-22)45-3)38-29(44)16-25-14-21-6-4-5-7-27(21)41(25)2/h4-9,14-15,17,19,24H,10-13,16,18H2,1-3H3,(H,37,39)(H,38,44)(H2,34,35,36). The number of rotatable bonds is 8. The number of para-hydroxylation sites is 1. The Morgan fingerprint density at radius 1 is 1.13 bits per heavy atom. The van der Waals surface area contributed by atoms with Gasteiger partial charge < -0.3 is 20.4 Å². The van der Waals surface area contributed by atoms with Crippen molar-refractivity contribution in [2.75, 3.05) is 31.2 Å². The van der Waals surface area contributed by atoms with E-state index in [1.54, 1.807) is 7.11 Å². The van der Waals surface area contributed by atoms with Gasteiger partial charge in [-0.1, -0.05) is 24.3 Å². The van der Waals surface area contributed by atoms with Crippen molar-refractivity contribution in [3.63, 3.8) is 0 Å². The van der Waals surface area contributed by atoms with Gasteiger partial charge in [0, 0.05) is 54.7 Å². The van der Waals surface area contributed by atoms with Gasteiger partial charge in [-0.3, -0.25) is 14.8 Å². The molecule has 0 atom stereocenters. The number of nitrogen functional groups attached to an aromatic ring is 1. The minimum absolute atomic E-state index is 0.131. The van der Waals surface area contributed by atoms with E-state index in [0.717, 1.165) is 60.3 Å². The number of methoxy groups -OCH3 is 1. The molecule has 1 saturated heterocycles. The molecular formula is C33H36N10O2. The van der Waals surface area contributed by atoms with E-state index in [1.165, 1.54) is 11.9 Å². The summed E-state index contributed by atoms with van der Waals surface area (Å²) in [5.74, 6) is 0.771. The van der Waals surface area contributed by atoms with Gasteiger partial charge in [-0.15, -0.1) is 0 Å². The number of aromatic nitrogens is 7. The number of aromatic amines is 1. The third kappa shape index (κ3) is 5.37. The van der Waals surface area contributed by atoms with Crippen molar-refractivity contribution in [1.29, 1.82) is 0 Å². The maximum absolute atomic E-state index is 13.1. The summed E-state index contributed by atoms with van der Waals surface area (Å²) in [6.07, 6.45) is 5.50. The SMILES string of the molecule is COc1cc(-c2nn(C3CCN(Cc4cn[nH]c4C)CC3)c3ncnc(N)c23)ccc1NC(=O)Cc1cc2ccccc2n1C. The lowest BCUT2D eigenvalue weighted by atomic mass is 10.0. The van der Waals surface area contributed by atoms with Crippen LogP contribution in [0.3, 0.4) is 0 Å². The van der Waals surface area contributed by atoms with E-state index >= 15 is 0 Å². The molecule has 0 aliphatic carbocycles. The maximum atomic E-state index is 13.1. The van der Waals surface area contributed by atoms with Crippen LogP contribution in [0.25, 0.3) is 33.2 Å². The Labute approximate surface area is 260 Å². The Balaban J connectivity index is 1.12. The zero-order chi connectivity index (χ0) is 31.1. The van der Waals surface area contributed by atoms with Crippen molar-refractivity contribution in [3.8, 4) is 17.0 Å². The largest absolute Gasteiger partial charge is 0.495 e. The Morgan fingerprint density at radius 2 is 1.96 bits per heavy atom. The molecule has 1 aliphatic rings. The summed E-state index contributed by atoms with van der Waals surface area (Å²) in [6.45, 7) is 4.80. The summed E-state index contributed by atoms with van der Waals surface area (Å²) < 4.78 is 9.79. The lowest BCUT2D eigenvalue weighted by Crippen LogP contribution is -2.34. The number of nitrogens with zero attached hydrogens (tertiary/aromatic N) is 7. The second kappa shape index (κ2) is 11.7. The van der Waals surface area contributed by atoms with Gasteiger partial charge in [0.05, 0.1) is 36.8 Å². The molecule has 1 amide bonds. The minimum atomic E-state index is -0.131. The molecule has 0 saturated carbocycles. The number of carbonyl (C=O) groups excluding carboxylic acids is 1. The van der Waals surface area contributed by atoms with Crippen LogP contribution in [0.1, 0.15) is 35.8 Å². The molecule has 230 valence electrons. The number of nitrogens with two attached hydrogens (primary N) is 1. The molecule has 12 heteroatoms. The van der Waals surface area contributed by atoms with Gasteiger partial charge in [0.2, 0.25) is 5.91 Å². The highest BCUT2D eigenvalue weighted by molar-refractivity contribution is 6.00. The molecule has 0 spiro atoms. The van der Waals surface area contributed by atoms with E-state index in [-0.39, 0.29) is 18.4 Å². The third-order valence-electron chi connectivity index (χ3n) is 8.89. The van der Waals surface area contributed by atoms with Crippen LogP contribution in [0.2, 0.25) is 0 Å². The van der Waals surface area contributed by atoms with E-state index in [4.69, 9.17) is 15.6 Å². The van der Waals surface area contributed by atoms with E-state index in [0.29, 0.717) is 34.0 Å². The van der Waals surface area contributed by atoms with Crippen LogP contribution in [-0.4, -0.2) is 65.5 Å². The summed E-state index contributed by atoms with van der Waals surface area (Å²) in [4.78, 5) is 24.5. The fraction of sp³-hybridized carbons (Fsp3) is 0.303. The average Bonchev–Trinajstić information content (AvgIpc) is 3.73. The number of H-pyrrole nitrogens is 1. The number of benzene rings is 2. The van der Waals surface area contributed by atoms with E-state index in [2.05, 4.69) is 37.3 Å². The molecular weight excluding hydrogens is 568 g/mol. The average molecular weight is 605 g/mol.